The highest BCUT2D eigenvalue weighted by molar-refractivity contribution is 6.67. The molecule has 0 saturated heterocycles. The zero-order valence-corrected chi connectivity index (χ0v) is 8.96. The van der Waals surface area contributed by atoms with Crippen molar-refractivity contribution >= 4 is 16.8 Å². The third kappa shape index (κ3) is 3.38. The third-order valence-corrected chi connectivity index (χ3v) is 1.72. The van der Waals surface area contributed by atoms with E-state index in [4.69, 9.17) is 11.6 Å². The highest BCUT2D eigenvalue weighted by atomic mass is 35.5. The number of methoxy groups -OCH3 is 1. The van der Waals surface area contributed by atoms with Crippen LogP contribution in [0.3, 0.4) is 0 Å². The summed E-state index contributed by atoms with van der Waals surface area (Å²) in [6, 6.07) is 0.537. The van der Waals surface area contributed by atoms with Crippen molar-refractivity contribution in [2.75, 3.05) is 7.11 Å². The summed E-state index contributed by atoms with van der Waals surface area (Å²) in [7, 11) is 1.11. The van der Waals surface area contributed by atoms with Crippen LogP contribution in [0.1, 0.15) is 10.5 Å². The minimum atomic E-state index is -5.04. The first kappa shape index (κ1) is 13.4. The van der Waals surface area contributed by atoms with Gasteiger partial charge >= 0.3 is 6.36 Å². The van der Waals surface area contributed by atoms with E-state index in [0.29, 0.717) is 6.07 Å². The predicted octanol–water partition coefficient (Wildman–Crippen LogP) is 2.07. The van der Waals surface area contributed by atoms with Crippen molar-refractivity contribution in [3.8, 4) is 17.4 Å². The molecule has 94 valence electrons. The number of ether oxygens (including phenoxy) is 2. The Balaban J connectivity index is 3.28. The predicted molar refractivity (Wildman–Crippen MR) is 49.3 cm³/mol. The fourth-order valence-corrected chi connectivity index (χ4v) is 1.10. The monoisotopic (exact) mass is 271 g/mol. The fourth-order valence-electron chi connectivity index (χ4n) is 0.962. The van der Waals surface area contributed by atoms with Gasteiger partial charge in [0.1, 0.15) is 0 Å². The summed E-state index contributed by atoms with van der Waals surface area (Å²) in [5, 5.41) is 7.93. The molecule has 0 bridgehead atoms. The number of hydrogen-bond donors (Lipinski definition) is 1. The number of carbonyl (C=O) groups is 1. The zero-order chi connectivity index (χ0) is 13.2. The third-order valence-electron chi connectivity index (χ3n) is 1.54. The summed E-state index contributed by atoms with van der Waals surface area (Å²) in [6.07, 6.45) is -5.04. The van der Waals surface area contributed by atoms with Gasteiger partial charge in [0, 0.05) is 6.07 Å². The minimum Gasteiger partial charge on any atom is -0.503 e. The van der Waals surface area contributed by atoms with Crippen molar-refractivity contribution in [1.82, 2.24) is 4.98 Å². The van der Waals surface area contributed by atoms with Crippen LogP contribution in [0.15, 0.2) is 6.07 Å². The molecule has 0 radical (unpaired) electrons. The van der Waals surface area contributed by atoms with Gasteiger partial charge in [0.05, 0.1) is 7.11 Å². The van der Waals surface area contributed by atoms with Crippen molar-refractivity contribution in [2.24, 2.45) is 0 Å². The molecule has 1 rings (SSSR count). The van der Waals surface area contributed by atoms with E-state index in [-0.39, 0.29) is 0 Å². The highest BCUT2D eigenvalue weighted by Gasteiger charge is 2.34. The second kappa shape index (κ2) is 4.66. The van der Waals surface area contributed by atoms with Gasteiger partial charge in [0.2, 0.25) is 0 Å². The summed E-state index contributed by atoms with van der Waals surface area (Å²) in [6.45, 7) is 0. The van der Waals surface area contributed by atoms with E-state index < -0.39 is 34.7 Å². The first-order valence-electron chi connectivity index (χ1n) is 3.98. The van der Waals surface area contributed by atoms with Crippen LogP contribution in [0.2, 0.25) is 0 Å². The molecule has 1 aromatic heterocycles. The van der Waals surface area contributed by atoms with Crippen LogP contribution >= 0.6 is 11.6 Å². The van der Waals surface area contributed by atoms with Crippen LogP contribution in [0.4, 0.5) is 13.2 Å². The van der Waals surface area contributed by atoms with Crippen LogP contribution in [-0.4, -0.2) is 28.8 Å². The Morgan fingerprint density at radius 2 is 2.12 bits per heavy atom. The molecule has 0 spiro atoms. The maximum Gasteiger partial charge on any atom is 0.573 e. The Morgan fingerprint density at radius 3 is 2.53 bits per heavy atom. The molecular formula is C8H5ClF3NO4. The maximum absolute atomic E-state index is 12.0. The van der Waals surface area contributed by atoms with Gasteiger partial charge in [-0.3, -0.25) is 4.79 Å². The topological polar surface area (TPSA) is 68.7 Å². The number of pyridine rings is 1. The lowest BCUT2D eigenvalue weighted by Gasteiger charge is -2.12. The Bertz CT molecular complexity index is 449. The number of hydrogen-bond acceptors (Lipinski definition) is 5. The first-order chi connectivity index (χ1) is 7.74. The van der Waals surface area contributed by atoms with Gasteiger partial charge < -0.3 is 14.6 Å². The lowest BCUT2D eigenvalue weighted by molar-refractivity contribution is -0.274. The van der Waals surface area contributed by atoms with Crippen LogP contribution in [0, 0.1) is 0 Å². The quantitative estimate of drug-likeness (QED) is 0.852. The summed E-state index contributed by atoms with van der Waals surface area (Å²) < 4.78 is 43.9. The molecule has 0 atom stereocenters. The van der Waals surface area contributed by atoms with E-state index in [1.807, 2.05) is 0 Å². The van der Waals surface area contributed by atoms with Crippen LogP contribution < -0.4 is 9.47 Å². The largest absolute Gasteiger partial charge is 0.573 e. The average molecular weight is 272 g/mol. The lowest BCUT2D eigenvalue weighted by Crippen LogP contribution is -2.19. The van der Waals surface area contributed by atoms with Gasteiger partial charge in [0.25, 0.3) is 11.1 Å². The van der Waals surface area contributed by atoms with Crippen molar-refractivity contribution < 1.29 is 32.5 Å². The Labute approximate surface area is 97.7 Å². The number of halogens is 4. The van der Waals surface area contributed by atoms with E-state index in [2.05, 4.69) is 14.5 Å². The molecular weight excluding hydrogens is 267 g/mol. The molecule has 0 fully saturated rings. The van der Waals surface area contributed by atoms with E-state index in [9.17, 15) is 23.1 Å². The summed E-state index contributed by atoms with van der Waals surface area (Å²) in [5.74, 6) is -2.16. The SMILES string of the molecule is COc1nc(C(=O)Cl)c(OC(F)(F)F)cc1O. The van der Waals surface area contributed by atoms with Gasteiger partial charge in [-0.1, -0.05) is 0 Å². The van der Waals surface area contributed by atoms with Gasteiger partial charge in [-0.25, -0.2) is 4.98 Å². The van der Waals surface area contributed by atoms with E-state index in [1.165, 1.54) is 0 Å². The van der Waals surface area contributed by atoms with Gasteiger partial charge in [0.15, 0.2) is 17.2 Å². The number of alkyl halides is 3. The van der Waals surface area contributed by atoms with E-state index >= 15 is 0 Å². The number of aromatic hydroxyl groups is 1. The van der Waals surface area contributed by atoms with Crippen molar-refractivity contribution in [1.29, 1.82) is 0 Å². The van der Waals surface area contributed by atoms with E-state index in [1.54, 1.807) is 0 Å². The molecule has 5 nitrogen and oxygen atoms in total. The normalized spacial score (nSPS) is 11.1. The highest BCUT2D eigenvalue weighted by Crippen LogP contribution is 2.34. The molecule has 0 saturated carbocycles. The molecule has 17 heavy (non-hydrogen) atoms. The molecule has 0 amide bonds. The Hall–Kier alpha value is -1.70. The van der Waals surface area contributed by atoms with Crippen molar-refractivity contribution in [3.05, 3.63) is 11.8 Å². The summed E-state index contributed by atoms with van der Waals surface area (Å²) >= 11 is 5.03. The molecule has 9 heteroatoms. The molecule has 0 aromatic carbocycles. The minimum absolute atomic E-state index is 0.441. The van der Waals surface area contributed by atoms with Gasteiger partial charge in [-0.05, 0) is 11.6 Å². The Kier molecular flexibility index (Phi) is 3.66. The fraction of sp³-hybridized carbons (Fsp3) is 0.250. The molecule has 0 aliphatic rings. The van der Waals surface area contributed by atoms with E-state index in [0.717, 1.165) is 7.11 Å². The second-order valence-electron chi connectivity index (χ2n) is 2.69. The first-order valence-corrected chi connectivity index (χ1v) is 4.36. The number of aromatic nitrogens is 1. The number of carbonyl (C=O) groups excluding carboxylic acids is 1. The van der Waals surface area contributed by atoms with Gasteiger partial charge in [-0.2, -0.15) is 0 Å². The van der Waals surface area contributed by atoms with Crippen LogP contribution in [-0.2, 0) is 0 Å². The van der Waals surface area contributed by atoms with Gasteiger partial charge in [-0.15, -0.1) is 13.2 Å². The standard InChI is InChI=1S/C8H5ClF3NO4/c1-16-7-3(14)2-4(17-8(10,11)12)5(13-7)6(9)15/h2,14H,1H3. The lowest BCUT2D eigenvalue weighted by atomic mass is 10.3. The smallest absolute Gasteiger partial charge is 0.503 e. The van der Waals surface area contributed by atoms with Crippen LogP contribution in [0.5, 0.6) is 17.4 Å². The summed E-state index contributed by atoms with van der Waals surface area (Å²) in [5.41, 5.74) is -0.807. The average Bonchev–Trinajstić information content (AvgIpc) is 2.14. The number of rotatable bonds is 3. The molecule has 1 N–H and O–H groups in total. The molecule has 0 unspecified atom stereocenters. The number of nitrogens with zero attached hydrogens (tertiary/aromatic N) is 1. The molecule has 0 aliphatic carbocycles. The van der Waals surface area contributed by atoms with Crippen LogP contribution in [0.25, 0.3) is 0 Å². The summed E-state index contributed by atoms with van der Waals surface area (Å²) in [4.78, 5) is 14.1. The molecule has 1 aromatic rings. The van der Waals surface area contributed by atoms with Crippen molar-refractivity contribution in [2.45, 2.75) is 6.36 Å². The molecule has 1 heterocycles. The maximum atomic E-state index is 12.0. The zero-order valence-electron chi connectivity index (χ0n) is 8.21. The van der Waals surface area contributed by atoms with Crippen molar-refractivity contribution in [3.63, 3.8) is 0 Å². The molecule has 0 aliphatic heterocycles. The Morgan fingerprint density at radius 1 is 1.53 bits per heavy atom. The second-order valence-corrected chi connectivity index (χ2v) is 3.03.